The first kappa shape index (κ1) is 13.6. The van der Waals surface area contributed by atoms with Crippen LogP contribution in [-0.4, -0.2) is 43.0 Å². The third-order valence-corrected chi connectivity index (χ3v) is 2.50. The van der Waals surface area contributed by atoms with Gasteiger partial charge in [-0.2, -0.15) is 0 Å². The number of ketones is 1. The summed E-state index contributed by atoms with van der Waals surface area (Å²) in [6, 6.07) is 0.0328. The Labute approximate surface area is 87.4 Å². The summed E-state index contributed by atoms with van der Waals surface area (Å²) in [6.45, 7) is 11.1. The number of likely N-dealkylation sites (N-methyl/N-ethyl adjacent to an activating group) is 1. The summed E-state index contributed by atoms with van der Waals surface area (Å²) in [4.78, 5) is 13.6. The van der Waals surface area contributed by atoms with Crippen LogP contribution in [0.5, 0.6) is 0 Å². The van der Waals surface area contributed by atoms with E-state index in [0.29, 0.717) is 18.8 Å². The van der Waals surface area contributed by atoms with E-state index in [-0.39, 0.29) is 6.04 Å². The molecule has 1 unspecified atom stereocenters. The summed E-state index contributed by atoms with van der Waals surface area (Å²) in [7, 11) is 0. The van der Waals surface area contributed by atoms with Crippen molar-refractivity contribution in [3.05, 3.63) is 0 Å². The van der Waals surface area contributed by atoms with Crippen LogP contribution in [0.3, 0.4) is 0 Å². The summed E-state index contributed by atoms with van der Waals surface area (Å²) in [5, 5.41) is 0. The quantitative estimate of drug-likeness (QED) is 0.560. The van der Waals surface area contributed by atoms with Gasteiger partial charge in [-0.3, -0.25) is 9.69 Å². The summed E-state index contributed by atoms with van der Waals surface area (Å²) in [5.74, 6) is 0.309. The smallest absolute Gasteiger partial charge is 0.149 e. The van der Waals surface area contributed by atoms with Crippen molar-refractivity contribution in [3.63, 3.8) is 0 Å². The van der Waals surface area contributed by atoms with Crippen molar-refractivity contribution in [3.8, 4) is 0 Å². The molecule has 84 valence electrons. The molecule has 0 fully saturated rings. The van der Waals surface area contributed by atoms with Crippen LogP contribution in [0.1, 0.15) is 34.1 Å². The molecule has 1 atom stereocenters. The van der Waals surface area contributed by atoms with Gasteiger partial charge in [0.1, 0.15) is 5.78 Å². The molecule has 0 spiro atoms. The second-order valence-corrected chi connectivity index (χ2v) is 3.32. The van der Waals surface area contributed by atoms with Gasteiger partial charge in [0.2, 0.25) is 0 Å². The maximum Gasteiger partial charge on any atom is 0.149 e. The number of nitrogens with zero attached hydrogens (tertiary/aromatic N) is 1. The second-order valence-electron chi connectivity index (χ2n) is 3.32. The average molecular weight is 201 g/mol. The van der Waals surface area contributed by atoms with E-state index in [1.54, 1.807) is 0 Å². The van der Waals surface area contributed by atoms with Gasteiger partial charge < -0.3 is 4.74 Å². The molecule has 0 N–H and O–H groups in total. The lowest BCUT2D eigenvalue weighted by molar-refractivity contribution is -0.123. The van der Waals surface area contributed by atoms with Gasteiger partial charge in [0.15, 0.2) is 0 Å². The van der Waals surface area contributed by atoms with Gasteiger partial charge in [0.05, 0.1) is 12.6 Å². The Bertz CT molecular complexity index is 159. The lowest BCUT2D eigenvalue weighted by atomic mass is 10.1. The van der Waals surface area contributed by atoms with Crippen molar-refractivity contribution in [2.45, 2.75) is 40.2 Å². The number of ether oxygens (including phenoxy) is 1. The van der Waals surface area contributed by atoms with Crippen molar-refractivity contribution < 1.29 is 9.53 Å². The number of carbonyl (C=O) groups is 1. The molecule has 0 radical (unpaired) electrons. The summed E-state index contributed by atoms with van der Waals surface area (Å²) in [5.41, 5.74) is 0. The van der Waals surface area contributed by atoms with Crippen LogP contribution < -0.4 is 0 Å². The minimum atomic E-state index is 0.0328. The largest absolute Gasteiger partial charge is 0.380 e. The predicted octanol–water partition coefficient (Wildman–Crippen LogP) is 1.71. The molecule has 0 heterocycles. The van der Waals surface area contributed by atoms with Gasteiger partial charge in [-0.15, -0.1) is 0 Å². The monoisotopic (exact) mass is 201 g/mol. The number of Topliss-reactive ketones (excluding diaryl/α,β-unsaturated/α-hetero) is 1. The van der Waals surface area contributed by atoms with E-state index in [2.05, 4.69) is 11.8 Å². The van der Waals surface area contributed by atoms with Crippen LogP contribution in [0.4, 0.5) is 0 Å². The first-order valence-corrected chi connectivity index (χ1v) is 5.51. The molecule has 0 aromatic rings. The highest BCUT2D eigenvalue weighted by atomic mass is 16.5. The molecule has 0 aliphatic heterocycles. The number of hydrogen-bond acceptors (Lipinski definition) is 3. The Balaban J connectivity index is 3.92. The van der Waals surface area contributed by atoms with E-state index in [1.165, 1.54) is 0 Å². The minimum absolute atomic E-state index is 0.0328. The average Bonchev–Trinajstić information content (AvgIpc) is 2.22. The van der Waals surface area contributed by atoms with Gasteiger partial charge in [-0.25, -0.2) is 0 Å². The van der Waals surface area contributed by atoms with Crippen LogP contribution in [0.15, 0.2) is 0 Å². The lowest BCUT2D eigenvalue weighted by Gasteiger charge is -2.26. The molecule has 3 nitrogen and oxygen atoms in total. The van der Waals surface area contributed by atoms with Gasteiger partial charge in [0, 0.05) is 19.6 Å². The van der Waals surface area contributed by atoms with E-state index >= 15 is 0 Å². The lowest BCUT2D eigenvalue weighted by Crippen LogP contribution is -2.40. The molecule has 0 aliphatic carbocycles. The maximum absolute atomic E-state index is 11.5. The third-order valence-electron chi connectivity index (χ3n) is 2.50. The van der Waals surface area contributed by atoms with Crippen LogP contribution in [-0.2, 0) is 9.53 Å². The molecule has 0 saturated heterocycles. The summed E-state index contributed by atoms with van der Waals surface area (Å²) in [6.07, 6.45) is 0.617. The zero-order valence-corrected chi connectivity index (χ0v) is 9.88. The third kappa shape index (κ3) is 4.72. The number of rotatable bonds is 8. The highest BCUT2D eigenvalue weighted by Gasteiger charge is 2.17. The SMILES string of the molecule is CCOCCN(CC)C(C)C(=O)CC. The van der Waals surface area contributed by atoms with E-state index in [1.807, 2.05) is 20.8 Å². The van der Waals surface area contributed by atoms with Gasteiger partial charge >= 0.3 is 0 Å². The Morgan fingerprint density at radius 1 is 1.36 bits per heavy atom. The van der Waals surface area contributed by atoms with Crippen LogP contribution >= 0.6 is 0 Å². The van der Waals surface area contributed by atoms with Crippen LogP contribution in [0, 0.1) is 0 Å². The molecule has 0 saturated carbocycles. The second kappa shape index (κ2) is 7.94. The Hall–Kier alpha value is -0.410. The summed E-state index contributed by atoms with van der Waals surface area (Å²) < 4.78 is 5.28. The van der Waals surface area contributed by atoms with Gasteiger partial charge in [0.25, 0.3) is 0 Å². The fraction of sp³-hybridized carbons (Fsp3) is 0.909. The Morgan fingerprint density at radius 2 is 2.00 bits per heavy atom. The van der Waals surface area contributed by atoms with Crippen LogP contribution in [0.2, 0.25) is 0 Å². The Kier molecular flexibility index (Phi) is 7.71. The number of carbonyl (C=O) groups excluding carboxylic acids is 1. The molecule has 0 aromatic carbocycles. The van der Waals surface area contributed by atoms with Crippen molar-refractivity contribution in [1.29, 1.82) is 0 Å². The number of hydrogen-bond donors (Lipinski definition) is 0. The fourth-order valence-corrected chi connectivity index (χ4v) is 1.45. The molecular weight excluding hydrogens is 178 g/mol. The van der Waals surface area contributed by atoms with E-state index in [9.17, 15) is 4.79 Å². The van der Waals surface area contributed by atoms with E-state index < -0.39 is 0 Å². The standard InChI is InChI=1S/C11H23NO2/c1-5-11(13)10(4)12(6-2)8-9-14-7-3/h10H,5-9H2,1-4H3. The summed E-state index contributed by atoms with van der Waals surface area (Å²) >= 11 is 0. The van der Waals surface area contributed by atoms with Crippen molar-refractivity contribution in [1.82, 2.24) is 4.90 Å². The zero-order chi connectivity index (χ0) is 11.0. The first-order chi connectivity index (χ1) is 6.67. The topological polar surface area (TPSA) is 29.5 Å². The van der Waals surface area contributed by atoms with Crippen LogP contribution in [0.25, 0.3) is 0 Å². The highest BCUT2D eigenvalue weighted by molar-refractivity contribution is 5.83. The minimum Gasteiger partial charge on any atom is -0.380 e. The predicted molar refractivity (Wildman–Crippen MR) is 58.5 cm³/mol. The Morgan fingerprint density at radius 3 is 2.43 bits per heavy atom. The molecule has 14 heavy (non-hydrogen) atoms. The van der Waals surface area contributed by atoms with Gasteiger partial charge in [-0.1, -0.05) is 13.8 Å². The van der Waals surface area contributed by atoms with E-state index in [4.69, 9.17) is 4.74 Å². The molecule has 0 aromatic heterocycles. The van der Waals surface area contributed by atoms with E-state index in [0.717, 1.165) is 19.7 Å². The molecule has 0 rings (SSSR count). The fourth-order valence-electron chi connectivity index (χ4n) is 1.45. The molecule has 0 amide bonds. The molecule has 3 heteroatoms. The first-order valence-electron chi connectivity index (χ1n) is 5.51. The van der Waals surface area contributed by atoms with Crippen molar-refractivity contribution in [2.75, 3.05) is 26.3 Å². The zero-order valence-electron chi connectivity index (χ0n) is 9.88. The molecular formula is C11H23NO2. The maximum atomic E-state index is 11.5. The molecule has 0 bridgehead atoms. The van der Waals surface area contributed by atoms with Gasteiger partial charge in [-0.05, 0) is 20.4 Å². The van der Waals surface area contributed by atoms with Crippen molar-refractivity contribution >= 4 is 5.78 Å². The normalized spacial score (nSPS) is 13.2. The molecule has 0 aliphatic rings. The highest BCUT2D eigenvalue weighted by Crippen LogP contribution is 2.02. The van der Waals surface area contributed by atoms with Crippen molar-refractivity contribution in [2.24, 2.45) is 0 Å².